The van der Waals surface area contributed by atoms with Crippen molar-refractivity contribution in [3.8, 4) is 5.75 Å². The van der Waals surface area contributed by atoms with Crippen molar-refractivity contribution in [2.45, 2.75) is 0 Å². The summed E-state index contributed by atoms with van der Waals surface area (Å²) < 4.78 is 12.9. The largest absolute Gasteiger partial charge is 0.506 e. The topological polar surface area (TPSA) is 36.0 Å². The van der Waals surface area contributed by atoms with E-state index in [-0.39, 0.29) is 10.8 Å². The fraction of sp³-hybridized carbons (Fsp3) is 0. The summed E-state index contributed by atoms with van der Waals surface area (Å²) in [6, 6.07) is 2.88. The van der Waals surface area contributed by atoms with Gasteiger partial charge in [-0.05, 0) is 12.1 Å². The van der Waals surface area contributed by atoms with Gasteiger partial charge in [-0.3, -0.25) is 0 Å². The van der Waals surface area contributed by atoms with Crippen molar-refractivity contribution >= 4 is 22.5 Å². The van der Waals surface area contributed by atoms with Gasteiger partial charge in [0, 0.05) is 11.6 Å². The molecule has 0 aliphatic carbocycles. The molecular weight excluding hydrogens is 181 g/mol. The predicted molar refractivity (Wildman–Crippen MR) is 44.9 cm³/mol. The number of fused-ring (bicyclic) bond motifs is 1. The van der Waals surface area contributed by atoms with E-state index in [1.54, 1.807) is 12.3 Å². The van der Waals surface area contributed by atoms with E-state index in [4.69, 9.17) is 11.6 Å². The number of aromatic amines is 1. The lowest BCUT2D eigenvalue weighted by Crippen LogP contribution is -1.78. The summed E-state index contributed by atoms with van der Waals surface area (Å²) >= 11 is 5.47. The minimum Gasteiger partial charge on any atom is -0.506 e. The molecule has 4 heteroatoms. The lowest BCUT2D eigenvalue weighted by molar-refractivity contribution is 0.476. The third-order valence-electron chi connectivity index (χ3n) is 1.72. The van der Waals surface area contributed by atoms with E-state index >= 15 is 0 Å². The fourth-order valence-corrected chi connectivity index (χ4v) is 1.29. The van der Waals surface area contributed by atoms with E-state index in [0.717, 1.165) is 0 Å². The Hall–Kier alpha value is -1.22. The zero-order valence-electron chi connectivity index (χ0n) is 5.94. The van der Waals surface area contributed by atoms with Crippen molar-refractivity contribution in [2.75, 3.05) is 0 Å². The van der Waals surface area contributed by atoms with Gasteiger partial charge in [-0.25, -0.2) is 4.39 Å². The van der Waals surface area contributed by atoms with Gasteiger partial charge in [-0.15, -0.1) is 0 Å². The molecule has 0 aliphatic heterocycles. The highest BCUT2D eigenvalue weighted by molar-refractivity contribution is 6.33. The number of hydrogen-bond donors (Lipinski definition) is 2. The maximum Gasteiger partial charge on any atom is 0.147 e. The Morgan fingerprint density at radius 2 is 2.25 bits per heavy atom. The number of benzene rings is 1. The number of rotatable bonds is 0. The molecule has 0 radical (unpaired) electrons. The fourth-order valence-electron chi connectivity index (χ4n) is 1.13. The Kier molecular flexibility index (Phi) is 1.48. The standard InChI is InChI=1S/C8H5ClFNO/c9-7-5(10)3-6-4(8(7)12)1-2-11-6/h1-3,11-12H. The summed E-state index contributed by atoms with van der Waals surface area (Å²) in [6.07, 6.45) is 1.61. The first-order chi connectivity index (χ1) is 5.70. The molecule has 0 fully saturated rings. The Morgan fingerprint density at radius 1 is 1.50 bits per heavy atom. The summed E-state index contributed by atoms with van der Waals surface area (Å²) in [5.41, 5.74) is 0.536. The number of aromatic nitrogens is 1. The molecule has 1 aromatic heterocycles. The molecule has 2 nitrogen and oxygen atoms in total. The Morgan fingerprint density at radius 3 is 3.00 bits per heavy atom. The molecule has 1 aromatic carbocycles. The summed E-state index contributed by atoms with van der Waals surface area (Å²) in [5.74, 6) is -0.836. The average molecular weight is 186 g/mol. The molecule has 62 valence electrons. The van der Waals surface area contributed by atoms with Crippen LogP contribution in [0.2, 0.25) is 5.02 Å². The zero-order valence-corrected chi connectivity index (χ0v) is 6.69. The van der Waals surface area contributed by atoms with Crippen LogP contribution in [0, 0.1) is 5.82 Å². The highest BCUT2D eigenvalue weighted by atomic mass is 35.5. The van der Waals surface area contributed by atoms with E-state index < -0.39 is 5.82 Å². The number of phenolic OH excluding ortho intramolecular Hbond substituents is 1. The van der Waals surface area contributed by atoms with Crippen LogP contribution in [-0.2, 0) is 0 Å². The lowest BCUT2D eigenvalue weighted by atomic mass is 10.2. The van der Waals surface area contributed by atoms with Crippen molar-refractivity contribution in [3.63, 3.8) is 0 Å². The van der Waals surface area contributed by atoms with Gasteiger partial charge >= 0.3 is 0 Å². The lowest BCUT2D eigenvalue weighted by Gasteiger charge is -1.99. The highest BCUT2D eigenvalue weighted by Gasteiger charge is 2.10. The Bertz CT molecular complexity index is 438. The van der Waals surface area contributed by atoms with E-state index in [0.29, 0.717) is 10.9 Å². The van der Waals surface area contributed by atoms with Crippen molar-refractivity contribution in [1.29, 1.82) is 0 Å². The third-order valence-corrected chi connectivity index (χ3v) is 2.08. The molecule has 2 aromatic rings. The molecule has 0 aliphatic rings. The molecule has 0 amide bonds. The number of aromatic hydroxyl groups is 1. The zero-order chi connectivity index (χ0) is 8.72. The van der Waals surface area contributed by atoms with E-state index in [9.17, 15) is 9.50 Å². The van der Waals surface area contributed by atoms with Gasteiger partial charge < -0.3 is 10.1 Å². The molecule has 0 saturated carbocycles. The number of hydrogen-bond acceptors (Lipinski definition) is 1. The van der Waals surface area contributed by atoms with Gasteiger partial charge in [-0.2, -0.15) is 0 Å². The summed E-state index contributed by atoms with van der Waals surface area (Å²) in [4.78, 5) is 2.77. The number of nitrogens with one attached hydrogen (secondary N) is 1. The van der Waals surface area contributed by atoms with Crippen LogP contribution in [-0.4, -0.2) is 10.1 Å². The summed E-state index contributed by atoms with van der Waals surface area (Å²) in [5, 5.41) is 9.63. The van der Waals surface area contributed by atoms with E-state index in [2.05, 4.69) is 4.98 Å². The molecule has 2 rings (SSSR count). The van der Waals surface area contributed by atoms with Crippen LogP contribution in [0.5, 0.6) is 5.75 Å². The minimum absolute atomic E-state index is 0.215. The van der Waals surface area contributed by atoms with Crippen molar-refractivity contribution in [1.82, 2.24) is 4.98 Å². The molecule has 0 spiro atoms. The van der Waals surface area contributed by atoms with Gasteiger partial charge in [-0.1, -0.05) is 11.6 Å². The van der Waals surface area contributed by atoms with Crippen LogP contribution in [0.3, 0.4) is 0 Å². The van der Waals surface area contributed by atoms with Crippen molar-refractivity contribution in [3.05, 3.63) is 29.2 Å². The van der Waals surface area contributed by atoms with Crippen LogP contribution in [0.4, 0.5) is 4.39 Å². The average Bonchev–Trinajstić information content (AvgIpc) is 2.48. The number of halogens is 2. The van der Waals surface area contributed by atoms with Crippen LogP contribution >= 0.6 is 11.6 Å². The monoisotopic (exact) mass is 185 g/mol. The van der Waals surface area contributed by atoms with Crippen molar-refractivity contribution in [2.24, 2.45) is 0 Å². The van der Waals surface area contributed by atoms with Crippen LogP contribution in [0.1, 0.15) is 0 Å². The smallest absolute Gasteiger partial charge is 0.147 e. The van der Waals surface area contributed by atoms with Gasteiger partial charge in [0.15, 0.2) is 0 Å². The minimum atomic E-state index is -0.621. The molecule has 0 atom stereocenters. The van der Waals surface area contributed by atoms with Gasteiger partial charge in [0.1, 0.15) is 16.6 Å². The first-order valence-corrected chi connectivity index (χ1v) is 3.72. The molecule has 0 saturated heterocycles. The Labute approximate surface area is 72.6 Å². The number of phenols is 1. The van der Waals surface area contributed by atoms with Crippen LogP contribution in [0.25, 0.3) is 10.9 Å². The Balaban J connectivity index is 2.94. The second kappa shape index (κ2) is 2.38. The normalized spacial score (nSPS) is 10.8. The molecule has 1 heterocycles. The summed E-state index contributed by atoms with van der Waals surface area (Å²) in [6.45, 7) is 0. The van der Waals surface area contributed by atoms with E-state index in [1.807, 2.05) is 0 Å². The van der Waals surface area contributed by atoms with Gasteiger partial charge in [0.25, 0.3) is 0 Å². The molecule has 2 N–H and O–H groups in total. The maximum atomic E-state index is 12.9. The molecule has 0 bridgehead atoms. The van der Waals surface area contributed by atoms with Gasteiger partial charge in [0.05, 0.1) is 5.52 Å². The van der Waals surface area contributed by atoms with Crippen LogP contribution in [0.15, 0.2) is 18.3 Å². The second-order valence-electron chi connectivity index (χ2n) is 2.46. The molecule has 0 unspecified atom stereocenters. The predicted octanol–water partition coefficient (Wildman–Crippen LogP) is 2.67. The number of H-pyrrole nitrogens is 1. The molecule has 12 heavy (non-hydrogen) atoms. The first-order valence-electron chi connectivity index (χ1n) is 3.34. The van der Waals surface area contributed by atoms with Crippen molar-refractivity contribution < 1.29 is 9.50 Å². The maximum absolute atomic E-state index is 12.9. The third kappa shape index (κ3) is 0.865. The molecular formula is C8H5ClFNO. The van der Waals surface area contributed by atoms with E-state index in [1.165, 1.54) is 6.07 Å². The quantitative estimate of drug-likeness (QED) is 0.651. The second-order valence-corrected chi connectivity index (χ2v) is 2.84. The first kappa shape index (κ1) is 7.43. The highest BCUT2D eigenvalue weighted by Crippen LogP contribution is 2.33. The SMILES string of the molecule is Oc1c(Cl)c(F)cc2[nH]ccc12. The van der Waals surface area contributed by atoms with Crippen LogP contribution < -0.4 is 0 Å². The van der Waals surface area contributed by atoms with Gasteiger partial charge in [0.2, 0.25) is 0 Å². The summed E-state index contributed by atoms with van der Waals surface area (Å²) in [7, 11) is 0.